The van der Waals surface area contributed by atoms with Crippen LogP contribution in [-0.2, 0) is 4.79 Å². The van der Waals surface area contributed by atoms with E-state index in [2.05, 4.69) is 57.2 Å². The molecule has 156 valence electrons. The Labute approximate surface area is 185 Å². The number of thioether (sulfide) groups is 1. The maximum atomic E-state index is 12.5. The van der Waals surface area contributed by atoms with Crippen LogP contribution in [0, 0.1) is 6.92 Å². The van der Waals surface area contributed by atoms with Crippen LogP contribution < -0.4 is 5.32 Å². The molecule has 0 aliphatic rings. The molecule has 1 atom stereocenters. The normalized spacial score (nSPS) is 11.8. The zero-order valence-corrected chi connectivity index (χ0v) is 18.2. The van der Waals surface area contributed by atoms with Gasteiger partial charge in [-0.25, -0.2) is 0 Å². The highest BCUT2D eigenvalue weighted by molar-refractivity contribution is 7.99. The van der Waals surface area contributed by atoms with E-state index in [1.807, 2.05) is 56.3 Å². The first kappa shape index (κ1) is 20.8. The number of aryl methyl sites for hydroxylation is 1. The van der Waals surface area contributed by atoms with E-state index < -0.39 is 0 Å². The van der Waals surface area contributed by atoms with Gasteiger partial charge in [-0.2, -0.15) is 4.68 Å². The molecule has 0 saturated carbocycles. The number of tetrazole rings is 1. The number of carbonyl (C=O) groups excluding carboxylic acids is 1. The third-order valence-electron chi connectivity index (χ3n) is 5.01. The van der Waals surface area contributed by atoms with Crippen molar-refractivity contribution in [3.05, 3.63) is 90.0 Å². The number of carbonyl (C=O) groups is 1. The molecule has 1 heterocycles. The smallest absolute Gasteiger partial charge is 0.230 e. The molecule has 0 fully saturated rings. The van der Waals surface area contributed by atoms with E-state index in [4.69, 9.17) is 0 Å². The summed E-state index contributed by atoms with van der Waals surface area (Å²) in [6.07, 6.45) is 0. The van der Waals surface area contributed by atoms with Gasteiger partial charge in [0.05, 0.1) is 17.5 Å². The van der Waals surface area contributed by atoms with E-state index in [0.29, 0.717) is 5.16 Å². The monoisotopic (exact) mass is 429 g/mol. The molecule has 0 spiro atoms. The van der Waals surface area contributed by atoms with Crippen molar-refractivity contribution in [2.24, 2.45) is 0 Å². The predicted molar refractivity (Wildman–Crippen MR) is 123 cm³/mol. The van der Waals surface area contributed by atoms with E-state index in [1.54, 1.807) is 4.68 Å². The van der Waals surface area contributed by atoms with Gasteiger partial charge in [-0.05, 0) is 52.6 Å². The van der Waals surface area contributed by atoms with E-state index >= 15 is 0 Å². The number of aromatic nitrogens is 4. The Kier molecular flexibility index (Phi) is 6.43. The first-order valence-corrected chi connectivity index (χ1v) is 11.0. The summed E-state index contributed by atoms with van der Waals surface area (Å²) < 4.78 is 1.67. The van der Waals surface area contributed by atoms with Gasteiger partial charge in [0.1, 0.15) is 0 Å². The summed E-state index contributed by atoms with van der Waals surface area (Å²) in [5.41, 5.74) is 5.36. The molecule has 0 radical (unpaired) electrons. The molecule has 4 rings (SSSR count). The molecule has 0 bridgehead atoms. The lowest BCUT2D eigenvalue weighted by atomic mass is 10.0. The Morgan fingerprint density at radius 3 is 2.39 bits per heavy atom. The van der Waals surface area contributed by atoms with E-state index in [1.165, 1.54) is 17.3 Å². The Morgan fingerprint density at radius 2 is 1.65 bits per heavy atom. The van der Waals surface area contributed by atoms with Gasteiger partial charge in [0.25, 0.3) is 0 Å². The molecule has 1 amide bonds. The lowest BCUT2D eigenvalue weighted by molar-refractivity contribution is -0.119. The average Bonchev–Trinajstić information content (AvgIpc) is 3.27. The minimum Gasteiger partial charge on any atom is -0.349 e. The number of rotatable bonds is 7. The Balaban J connectivity index is 1.36. The molecule has 0 aliphatic carbocycles. The first-order chi connectivity index (χ1) is 15.1. The number of amides is 1. The van der Waals surface area contributed by atoms with Crippen molar-refractivity contribution in [1.82, 2.24) is 25.5 Å². The molecule has 1 N–H and O–H groups in total. The van der Waals surface area contributed by atoms with Crippen molar-refractivity contribution in [2.45, 2.75) is 25.0 Å². The van der Waals surface area contributed by atoms with Gasteiger partial charge >= 0.3 is 0 Å². The summed E-state index contributed by atoms with van der Waals surface area (Å²) in [5, 5.41) is 15.5. The van der Waals surface area contributed by atoms with Crippen LogP contribution in [-0.4, -0.2) is 31.9 Å². The summed E-state index contributed by atoms with van der Waals surface area (Å²) in [5.74, 6) is 0.169. The topological polar surface area (TPSA) is 72.7 Å². The fourth-order valence-electron chi connectivity index (χ4n) is 3.31. The SMILES string of the molecule is Cc1ccccc1-n1nnnc1SCC(=O)NC(C)c1ccc(-c2ccccc2)cc1. The van der Waals surface area contributed by atoms with Crippen LogP contribution >= 0.6 is 11.8 Å². The summed E-state index contributed by atoms with van der Waals surface area (Å²) in [6.45, 7) is 3.99. The molecule has 0 aliphatic heterocycles. The number of nitrogens with one attached hydrogen (secondary N) is 1. The predicted octanol–water partition coefficient (Wildman–Crippen LogP) is 4.61. The molecule has 31 heavy (non-hydrogen) atoms. The second kappa shape index (κ2) is 9.57. The zero-order valence-electron chi connectivity index (χ0n) is 17.4. The highest BCUT2D eigenvalue weighted by Gasteiger charge is 2.15. The molecule has 1 aromatic heterocycles. The Bertz CT molecular complexity index is 1160. The van der Waals surface area contributed by atoms with E-state index in [-0.39, 0.29) is 17.7 Å². The molecule has 4 aromatic rings. The van der Waals surface area contributed by atoms with Crippen molar-refractivity contribution in [3.8, 4) is 16.8 Å². The van der Waals surface area contributed by atoms with E-state index in [9.17, 15) is 4.79 Å². The number of hydrogen-bond donors (Lipinski definition) is 1. The van der Waals surface area contributed by atoms with Crippen LogP contribution in [0.25, 0.3) is 16.8 Å². The molecule has 7 heteroatoms. The van der Waals surface area contributed by atoms with Crippen LogP contribution in [0.1, 0.15) is 24.1 Å². The Morgan fingerprint density at radius 1 is 0.968 bits per heavy atom. The van der Waals surface area contributed by atoms with Crippen molar-refractivity contribution in [3.63, 3.8) is 0 Å². The van der Waals surface area contributed by atoms with Crippen LogP contribution in [0.15, 0.2) is 84.0 Å². The summed E-state index contributed by atoms with van der Waals surface area (Å²) in [7, 11) is 0. The highest BCUT2D eigenvalue weighted by atomic mass is 32.2. The molecular formula is C24H23N5OS. The summed E-state index contributed by atoms with van der Waals surface area (Å²) in [6, 6.07) is 26.3. The zero-order chi connectivity index (χ0) is 21.6. The third-order valence-corrected chi connectivity index (χ3v) is 5.93. The largest absolute Gasteiger partial charge is 0.349 e. The third kappa shape index (κ3) is 5.00. The van der Waals surface area contributed by atoms with Gasteiger partial charge in [0.2, 0.25) is 11.1 Å². The standard InChI is InChI=1S/C24H23N5OS/c1-17-8-6-7-11-22(17)29-24(26-27-28-29)31-16-23(30)25-18(2)19-12-14-21(15-13-19)20-9-4-3-5-10-20/h3-15,18H,16H2,1-2H3,(H,25,30). The summed E-state index contributed by atoms with van der Waals surface area (Å²) >= 11 is 1.32. The molecule has 3 aromatic carbocycles. The lowest BCUT2D eigenvalue weighted by Gasteiger charge is -2.15. The van der Waals surface area contributed by atoms with Crippen LogP contribution in [0.5, 0.6) is 0 Å². The van der Waals surface area contributed by atoms with Gasteiger partial charge in [0, 0.05) is 0 Å². The fourth-order valence-corrected chi connectivity index (χ4v) is 4.01. The van der Waals surface area contributed by atoms with Crippen LogP contribution in [0.2, 0.25) is 0 Å². The second-order valence-electron chi connectivity index (χ2n) is 7.23. The van der Waals surface area contributed by atoms with Gasteiger partial charge in [-0.15, -0.1) is 5.10 Å². The number of para-hydroxylation sites is 1. The van der Waals surface area contributed by atoms with Crippen molar-refractivity contribution in [2.75, 3.05) is 5.75 Å². The number of benzene rings is 3. The quantitative estimate of drug-likeness (QED) is 0.435. The van der Waals surface area contributed by atoms with Gasteiger partial charge in [0.15, 0.2) is 0 Å². The van der Waals surface area contributed by atoms with Crippen molar-refractivity contribution in [1.29, 1.82) is 0 Å². The fraction of sp³-hybridized carbons (Fsp3) is 0.167. The van der Waals surface area contributed by atoms with Crippen molar-refractivity contribution >= 4 is 17.7 Å². The van der Waals surface area contributed by atoms with Crippen LogP contribution in [0.4, 0.5) is 0 Å². The minimum absolute atomic E-state index is 0.0658. The highest BCUT2D eigenvalue weighted by Crippen LogP contribution is 2.23. The van der Waals surface area contributed by atoms with Crippen LogP contribution in [0.3, 0.4) is 0 Å². The Hall–Kier alpha value is -3.45. The van der Waals surface area contributed by atoms with Crippen molar-refractivity contribution < 1.29 is 4.79 Å². The second-order valence-corrected chi connectivity index (χ2v) is 8.17. The molecule has 1 unspecified atom stereocenters. The maximum Gasteiger partial charge on any atom is 0.230 e. The first-order valence-electron chi connectivity index (χ1n) is 10.0. The number of nitrogens with zero attached hydrogens (tertiary/aromatic N) is 4. The van der Waals surface area contributed by atoms with E-state index in [0.717, 1.165) is 22.4 Å². The number of hydrogen-bond acceptors (Lipinski definition) is 5. The summed E-state index contributed by atoms with van der Waals surface area (Å²) in [4.78, 5) is 12.5. The molecule has 6 nitrogen and oxygen atoms in total. The van der Waals surface area contributed by atoms with Gasteiger partial charge in [-0.1, -0.05) is 84.6 Å². The minimum atomic E-state index is -0.0923. The average molecular weight is 430 g/mol. The maximum absolute atomic E-state index is 12.5. The van der Waals surface area contributed by atoms with Gasteiger partial charge < -0.3 is 5.32 Å². The lowest BCUT2D eigenvalue weighted by Crippen LogP contribution is -2.28. The van der Waals surface area contributed by atoms with Gasteiger partial charge in [-0.3, -0.25) is 4.79 Å². The molecular weight excluding hydrogens is 406 g/mol. The molecule has 0 saturated heterocycles.